The van der Waals surface area contributed by atoms with Crippen molar-refractivity contribution in [2.45, 2.75) is 0 Å². The van der Waals surface area contributed by atoms with Crippen molar-refractivity contribution in [2.75, 3.05) is 47.5 Å². The molecule has 13 heteroatoms. The van der Waals surface area contributed by atoms with Gasteiger partial charge < -0.3 is 20.1 Å². The molecule has 178 valence electrons. The van der Waals surface area contributed by atoms with Crippen LogP contribution in [-0.2, 0) is 14.8 Å². The number of ether oxygens (including phenoxy) is 1. The van der Waals surface area contributed by atoms with Crippen LogP contribution >= 0.6 is 11.6 Å². The van der Waals surface area contributed by atoms with Gasteiger partial charge in [-0.05, 0) is 18.2 Å². The lowest BCUT2D eigenvalue weighted by Gasteiger charge is -2.55. The normalized spacial score (nSPS) is 16.6. The Hall–Kier alpha value is -3.35. The van der Waals surface area contributed by atoms with Gasteiger partial charge in [-0.2, -0.15) is 5.10 Å². The largest absolute Gasteiger partial charge is 0.504 e. The fourth-order valence-electron chi connectivity index (χ4n) is 4.00. The van der Waals surface area contributed by atoms with Crippen molar-refractivity contribution in [3.05, 3.63) is 53.4 Å². The molecule has 3 aromatic rings. The number of carbonyl (C=O) groups excluding carboxylic acids is 1. The van der Waals surface area contributed by atoms with Crippen LogP contribution in [-0.4, -0.2) is 66.8 Å². The van der Waals surface area contributed by atoms with Crippen LogP contribution in [0.15, 0.2) is 42.9 Å². The summed E-state index contributed by atoms with van der Waals surface area (Å²) in [6.45, 7) is 3.27. The van der Waals surface area contributed by atoms with Crippen molar-refractivity contribution < 1.29 is 23.1 Å². The molecule has 1 amide bonds. The number of amides is 1. The van der Waals surface area contributed by atoms with E-state index in [0.717, 1.165) is 38.2 Å². The van der Waals surface area contributed by atoms with Crippen LogP contribution in [0.2, 0.25) is 5.02 Å². The van der Waals surface area contributed by atoms with Gasteiger partial charge in [0.25, 0.3) is 5.91 Å². The van der Waals surface area contributed by atoms with Gasteiger partial charge in [0.1, 0.15) is 0 Å². The highest BCUT2D eigenvalue weighted by atomic mass is 35.5. The molecule has 2 fully saturated rings. The van der Waals surface area contributed by atoms with Gasteiger partial charge in [-0.25, -0.2) is 18.1 Å². The second-order valence-electron chi connectivity index (χ2n) is 8.62. The van der Waals surface area contributed by atoms with E-state index in [4.69, 9.17) is 16.3 Å². The summed E-state index contributed by atoms with van der Waals surface area (Å²) in [6.07, 6.45) is 5.44. The number of aromatic hydroxyl groups is 1. The van der Waals surface area contributed by atoms with E-state index in [9.17, 15) is 18.3 Å². The first-order chi connectivity index (χ1) is 16.1. The molecule has 0 aliphatic carbocycles. The molecule has 1 aromatic carbocycles. The highest BCUT2D eigenvalue weighted by molar-refractivity contribution is 7.92. The number of carbonyl (C=O) groups is 1. The van der Waals surface area contributed by atoms with Crippen LogP contribution in [0.5, 0.6) is 5.75 Å². The average Bonchev–Trinajstić information content (AvgIpc) is 3.14. The Kier molecular flexibility index (Phi) is 5.38. The zero-order chi connectivity index (χ0) is 24.1. The van der Waals surface area contributed by atoms with Crippen LogP contribution < -0.4 is 14.9 Å². The van der Waals surface area contributed by atoms with Crippen LogP contribution in [0.4, 0.5) is 17.1 Å². The summed E-state index contributed by atoms with van der Waals surface area (Å²) < 4.78 is 31.8. The zero-order valence-electron chi connectivity index (χ0n) is 18.0. The topological polar surface area (TPSA) is 139 Å². The average molecular weight is 505 g/mol. The molecular formula is C21H21ClN6O5S. The highest BCUT2D eigenvalue weighted by Crippen LogP contribution is 2.41. The van der Waals surface area contributed by atoms with E-state index in [1.165, 1.54) is 35.3 Å². The van der Waals surface area contributed by atoms with E-state index < -0.39 is 15.9 Å². The molecule has 0 atom stereocenters. The standard InChI is InChI=1S/C21H21ClN6O5S/c1-34(31,32)26-16-3-14(22)2-15(4-16)25-20(30)13-6-24-28(8-13)19-18(29)5-17(7-23-19)27-9-21(10-27)11-33-12-21/h2-8,26,29H,9-12H2,1H3,(H,25,30). The number of nitrogens with one attached hydrogen (secondary N) is 2. The van der Waals surface area contributed by atoms with Gasteiger partial charge in [-0.15, -0.1) is 0 Å². The lowest BCUT2D eigenvalue weighted by atomic mass is 9.78. The summed E-state index contributed by atoms with van der Waals surface area (Å²) in [5, 5.41) is 17.5. The van der Waals surface area contributed by atoms with Gasteiger partial charge in [0.15, 0.2) is 11.6 Å². The molecule has 34 heavy (non-hydrogen) atoms. The Morgan fingerprint density at radius 2 is 1.91 bits per heavy atom. The first kappa shape index (κ1) is 22.4. The maximum absolute atomic E-state index is 12.7. The summed E-state index contributed by atoms with van der Waals surface area (Å²) in [7, 11) is -3.51. The Bertz CT molecular complexity index is 1380. The summed E-state index contributed by atoms with van der Waals surface area (Å²) >= 11 is 6.04. The number of hydrogen-bond donors (Lipinski definition) is 3. The Morgan fingerprint density at radius 1 is 1.18 bits per heavy atom. The third-order valence-electron chi connectivity index (χ3n) is 5.59. The molecule has 2 saturated heterocycles. The molecule has 2 aliphatic rings. The van der Waals surface area contributed by atoms with E-state index in [1.54, 1.807) is 12.3 Å². The number of pyridine rings is 1. The summed E-state index contributed by atoms with van der Waals surface area (Å²) in [4.78, 5) is 19.1. The molecule has 0 radical (unpaired) electrons. The van der Waals surface area contributed by atoms with Crippen LogP contribution in [0.1, 0.15) is 10.4 Å². The molecule has 1 spiro atoms. The van der Waals surface area contributed by atoms with Gasteiger partial charge in [0, 0.05) is 36.1 Å². The van der Waals surface area contributed by atoms with E-state index in [0.29, 0.717) is 5.69 Å². The van der Waals surface area contributed by atoms with Gasteiger partial charge in [0.05, 0.1) is 54.2 Å². The van der Waals surface area contributed by atoms with Gasteiger partial charge in [-0.1, -0.05) is 11.6 Å². The predicted octanol–water partition coefficient (Wildman–Crippen LogP) is 2.09. The highest BCUT2D eigenvalue weighted by Gasteiger charge is 2.49. The Labute approximate surface area is 200 Å². The second-order valence-corrected chi connectivity index (χ2v) is 10.8. The second kappa shape index (κ2) is 8.15. The first-order valence-electron chi connectivity index (χ1n) is 10.3. The van der Waals surface area contributed by atoms with Crippen molar-refractivity contribution in [3.63, 3.8) is 0 Å². The van der Waals surface area contributed by atoms with Crippen LogP contribution in [0.25, 0.3) is 5.82 Å². The molecule has 0 unspecified atom stereocenters. The molecule has 5 rings (SSSR count). The van der Waals surface area contributed by atoms with E-state index >= 15 is 0 Å². The molecule has 0 saturated carbocycles. The molecule has 4 heterocycles. The van der Waals surface area contributed by atoms with Crippen molar-refractivity contribution >= 4 is 44.6 Å². The third-order valence-corrected chi connectivity index (χ3v) is 6.41. The number of rotatable bonds is 6. The summed E-state index contributed by atoms with van der Waals surface area (Å²) in [5.41, 5.74) is 1.77. The number of hydrogen-bond acceptors (Lipinski definition) is 8. The van der Waals surface area contributed by atoms with Crippen molar-refractivity contribution in [3.8, 4) is 11.6 Å². The third kappa shape index (κ3) is 4.52. The fourth-order valence-corrected chi connectivity index (χ4v) is 4.78. The fraction of sp³-hybridized carbons (Fsp3) is 0.286. The zero-order valence-corrected chi connectivity index (χ0v) is 19.6. The molecule has 0 bridgehead atoms. The maximum atomic E-state index is 12.7. The Morgan fingerprint density at radius 3 is 2.56 bits per heavy atom. The number of benzene rings is 1. The molecule has 11 nitrogen and oxygen atoms in total. The van der Waals surface area contributed by atoms with Crippen molar-refractivity contribution in [1.29, 1.82) is 0 Å². The van der Waals surface area contributed by atoms with Gasteiger partial charge >= 0.3 is 0 Å². The minimum atomic E-state index is -3.51. The molecule has 2 aliphatic heterocycles. The SMILES string of the molecule is CS(=O)(=O)Nc1cc(Cl)cc(NC(=O)c2cnn(-c3ncc(N4CC5(COC5)C4)cc3O)c2)c1. The molecular weight excluding hydrogens is 484 g/mol. The molecule has 2 aromatic heterocycles. The van der Waals surface area contributed by atoms with Crippen LogP contribution in [0, 0.1) is 5.41 Å². The van der Waals surface area contributed by atoms with E-state index in [2.05, 4.69) is 25.0 Å². The van der Waals surface area contributed by atoms with E-state index in [-0.39, 0.29) is 33.3 Å². The van der Waals surface area contributed by atoms with Crippen molar-refractivity contribution in [1.82, 2.24) is 14.8 Å². The number of anilines is 3. The van der Waals surface area contributed by atoms with Gasteiger partial charge in [-0.3, -0.25) is 9.52 Å². The number of sulfonamides is 1. The quantitative estimate of drug-likeness (QED) is 0.464. The van der Waals surface area contributed by atoms with E-state index in [1.807, 2.05) is 0 Å². The number of nitrogens with zero attached hydrogens (tertiary/aromatic N) is 4. The first-order valence-corrected chi connectivity index (χ1v) is 12.5. The summed E-state index contributed by atoms with van der Waals surface area (Å²) in [6, 6.07) is 5.98. The van der Waals surface area contributed by atoms with Crippen LogP contribution in [0.3, 0.4) is 0 Å². The lowest BCUT2D eigenvalue weighted by Crippen LogP contribution is -2.66. The maximum Gasteiger partial charge on any atom is 0.258 e. The molecule has 3 N–H and O–H groups in total. The minimum Gasteiger partial charge on any atom is -0.504 e. The predicted molar refractivity (Wildman–Crippen MR) is 126 cm³/mol. The summed E-state index contributed by atoms with van der Waals surface area (Å²) in [5.74, 6) is -0.374. The van der Waals surface area contributed by atoms with Gasteiger partial charge in [0.2, 0.25) is 10.0 Å². The Balaban J connectivity index is 1.29. The minimum absolute atomic E-state index is 0.0651. The number of halogens is 1. The van der Waals surface area contributed by atoms with Crippen molar-refractivity contribution in [2.24, 2.45) is 5.41 Å². The lowest BCUT2D eigenvalue weighted by molar-refractivity contribution is -0.127. The number of aromatic nitrogens is 3. The monoisotopic (exact) mass is 504 g/mol. The smallest absolute Gasteiger partial charge is 0.258 e.